The van der Waals surface area contributed by atoms with Crippen LogP contribution in [0.25, 0.3) is 5.65 Å². The topological polar surface area (TPSA) is 50.2 Å². The normalized spacial score (nSPS) is 13.0. The second kappa shape index (κ2) is 5.85. The van der Waals surface area contributed by atoms with E-state index >= 15 is 0 Å². The van der Waals surface area contributed by atoms with Gasteiger partial charge in [-0.15, -0.1) is 0 Å². The van der Waals surface area contributed by atoms with Gasteiger partial charge < -0.3 is 0 Å². The number of aromatic amines is 1. The first-order valence-corrected chi connectivity index (χ1v) is 6.83. The first-order valence-electron chi connectivity index (χ1n) is 6.83. The van der Waals surface area contributed by atoms with Gasteiger partial charge in [0.05, 0.1) is 5.69 Å². The van der Waals surface area contributed by atoms with Crippen molar-refractivity contribution >= 4 is 5.65 Å². The van der Waals surface area contributed by atoms with Gasteiger partial charge in [0.15, 0.2) is 5.65 Å². The zero-order valence-electron chi connectivity index (χ0n) is 11.1. The minimum atomic E-state index is -0.0161. The summed E-state index contributed by atoms with van der Waals surface area (Å²) in [5, 5.41) is 2.87. The SMILES string of the molecule is CCCCC(CCC)c1cc(=O)n2[nH]ccc2n1. The number of H-pyrrole nitrogens is 1. The zero-order valence-corrected chi connectivity index (χ0v) is 11.1. The molecule has 0 aliphatic heterocycles. The number of hydrogen-bond acceptors (Lipinski definition) is 2. The first-order chi connectivity index (χ1) is 8.76. The Labute approximate surface area is 107 Å². The largest absolute Gasteiger partial charge is 0.297 e. The lowest BCUT2D eigenvalue weighted by atomic mass is 9.93. The molecular formula is C14H21N3O. The molecule has 0 radical (unpaired) electrons. The van der Waals surface area contributed by atoms with Crippen molar-refractivity contribution in [3.8, 4) is 0 Å². The van der Waals surface area contributed by atoms with Gasteiger partial charge in [-0.3, -0.25) is 9.89 Å². The first kappa shape index (κ1) is 12.9. The van der Waals surface area contributed by atoms with E-state index in [4.69, 9.17) is 0 Å². The number of hydrogen-bond donors (Lipinski definition) is 1. The fourth-order valence-electron chi connectivity index (χ4n) is 2.39. The molecule has 98 valence electrons. The van der Waals surface area contributed by atoms with Crippen LogP contribution >= 0.6 is 0 Å². The Kier molecular flexibility index (Phi) is 4.18. The number of nitrogens with zero attached hydrogens (tertiary/aromatic N) is 2. The third-order valence-corrected chi connectivity index (χ3v) is 3.36. The second-order valence-electron chi connectivity index (χ2n) is 4.80. The Bertz CT molecular complexity index is 555. The Morgan fingerprint density at radius 2 is 2.17 bits per heavy atom. The Morgan fingerprint density at radius 1 is 1.33 bits per heavy atom. The molecule has 2 aromatic rings. The quantitative estimate of drug-likeness (QED) is 0.852. The smallest absolute Gasteiger partial charge is 0.272 e. The maximum atomic E-state index is 11.9. The highest BCUT2D eigenvalue weighted by molar-refractivity contribution is 5.37. The minimum absolute atomic E-state index is 0.0161. The van der Waals surface area contributed by atoms with E-state index in [0.717, 1.165) is 30.6 Å². The molecule has 0 spiro atoms. The van der Waals surface area contributed by atoms with Crippen LogP contribution in [0, 0.1) is 0 Å². The molecule has 18 heavy (non-hydrogen) atoms. The fourth-order valence-corrected chi connectivity index (χ4v) is 2.39. The molecule has 1 unspecified atom stereocenters. The third kappa shape index (κ3) is 2.63. The van der Waals surface area contributed by atoms with Crippen LogP contribution in [0.2, 0.25) is 0 Å². The van der Waals surface area contributed by atoms with Crippen molar-refractivity contribution in [2.75, 3.05) is 0 Å². The van der Waals surface area contributed by atoms with Crippen molar-refractivity contribution in [1.29, 1.82) is 0 Å². The summed E-state index contributed by atoms with van der Waals surface area (Å²) in [6, 6.07) is 3.52. The van der Waals surface area contributed by atoms with Crippen LogP contribution in [0.5, 0.6) is 0 Å². The van der Waals surface area contributed by atoms with E-state index in [1.807, 2.05) is 6.07 Å². The Balaban J connectivity index is 2.33. The molecule has 0 bridgehead atoms. The highest BCUT2D eigenvalue weighted by atomic mass is 16.1. The third-order valence-electron chi connectivity index (χ3n) is 3.36. The van der Waals surface area contributed by atoms with Crippen molar-refractivity contribution in [1.82, 2.24) is 14.6 Å². The molecule has 1 atom stereocenters. The monoisotopic (exact) mass is 247 g/mol. The maximum absolute atomic E-state index is 11.9. The summed E-state index contributed by atoms with van der Waals surface area (Å²) in [6.07, 6.45) is 7.48. The lowest BCUT2D eigenvalue weighted by Crippen LogP contribution is -2.17. The average Bonchev–Trinajstić information content (AvgIpc) is 2.83. The van der Waals surface area contributed by atoms with Crippen molar-refractivity contribution in [3.05, 3.63) is 34.4 Å². The number of fused-ring (bicyclic) bond motifs is 1. The summed E-state index contributed by atoms with van der Waals surface area (Å²) in [6.45, 7) is 4.38. The molecule has 0 amide bonds. The molecule has 2 rings (SSSR count). The number of nitrogens with one attached hydrogen (secondary N) is 1. The molecule has 0 saturated carbocycles. The van der Waals surface area contributed by atoms with Crippen LogP contribution in [-0.4, -0.2) is 14.6 Å². The van der Waals surface area contributed by atoms with Crippen LogP contribution in [-0.2, 0) is 0 Å². The van der Waals surface area contributed by atoms with Crippen LogP contribution < -0.4 is 5.56 Å². The molecule has 2 aromatic heterocycles. The molecule has 1 N–H and O–H groups in total. The van der Waals surface area contributed by atoms with E-state index < -0.39 is 0 Å². The summed E-state index contributed by atoms with van der Waals surface area (Å²) in [5.74, 6) is 0.419. The molecular weight excluding hydrogens is 226 g/mol. The van der Waals surface area contributed by atoms with Gasteiger partial charge in [0.25, 0.3) is 5.56 Å². The molecule has 0 aliphatic rings. The molecule has 0 aromatic carbocycles. The van der Waals surface area contributed by atoms with Gasteiger partial charge in [-0.2, -0.15) is 0 Å². The predicted octanol–water partition coefficient (Wildman–Crippen LogP) is 3.10. The van der Waals surface area contributed by atoms with E-state index in [1.54, 1.807) is 12.3 Å². The zero-order chi connectivity index (χ0) is 13.0. The molecule has 0 aliphatic carbocycles. The highest BCUT2D eigenvalue weighted by Gasteiger charge is 2.14. The van der Waals surface area contributed by atoms with Crippen LogP contribution in [0.15, 0.2) is 23.1 Å². The van der Waals surface area contributed by atoms with Crippen LogP contribution in [0.1, 0.15) is 57.6 Å². The molecule has 2 heterocycles. The van der Waals surface area contributed by atoms with Gasteiger partial charge in [-0.05, 0) is 12.8 Å². The van der Waals surface area contributed by atoms with E-state index in [2.05, 4.69) is 23.9 Å². The van der Waals surface area contributed by atoms with Crippen molar-refractivity contribution in [3.63, 3.8) is 0 Å². The summed E-state index contributed by atoms with van der Waals surface area (Å²) < 4.78 is 1.48. The molecule has 4 heteroatoms. The van der Waals surface area contributed by atoms with Gasteiger partial charge in [0.1, 0.15) is 0 Å². The summed E-state index contributed by atoms with van der Waals surface area (Å²) in [4.78, 5) is 16.5. The fraction of sp³-hybridized carbons (Fsp3) is 0.571. The van der Waals surface area contributed by atoms with Gasteiger partial charge in [-0.1, -0.05) is 33.1 Å². The summed E-state index contributed by atoms with van der Waals surface area (Å²) >= 11 is 0. The number of rotatable bonds is 6. The van der Waals surface area contributed by atoms with E-state index in [1.165, 1.54) is 17.4 Å². The molecule has 0 fully saturated rings. The molecule has 4 nitrogen and oxygen atoms in total. The maximum Gasteiger partial charge on any atom is 0.272 e. The van der Waals surface area contributed by atoms with E-state index in [0.29, 0.717) is 5.92 Å². The van der Waals surface area contributed by atoms with Gasteiger partial charge in [0.2, 0.25) is 0 Å². The van der Waals surface area contributed by atoms with Crippen molar-refractivity contribution < 1.29 is 0 Å². The number of aromatic nitrogens is 3. The average molecular weight is 247 g/mol. The summed E-state index contributed by atoms with van der Waals surface area (Å²) in [5.41, 5.74) is 1.66. The predicted molar refractivity (Wildman–Crippen MR) is 73.0 cm³/mol. The van der Waals surface area contributed by atoms with Gasteiger partial charge >= 0.3 is 0 Å². The van der Waals surface area contributed by atoms with Gasteiger partial charge in [-0.25, -0.2) is 9.50 Å². The van der Waals surface area contributed by atoms with E-state index in [9.17, 15) is 4.79 Å². The minimum Gasteiger partial charge on any atom is -0.297 e. The van der Waals surface area contributed by atoms with Crippen molar-refractivity contribution in [2.45, 2.75) is 51.9 Å². The Hall–Kier alpha value is -1.58. The molecule has 0 saturated heterocycles. The number of unbranched alkanes of at least 4 members (excludes halogenated alkanes) is 1. The van der Waals surface area contributed by atoms with Crippen LogP contribution in [0.4, 0.5) is 0 Å². The lowest BCUT2D eigenvalue weighted by molar-refractivity contribution is 0.529. The lowest BCUT2D eigenvalue weighted by Gasteiger charge is -2.14. The summed E-state index contributed by atoms with van der Waals surface area (Å²) in [7, 11) is 0. The standard InChI is InChI=1S/C14H21N3O/c1-3-5-7-11(6-4-2)12-10-14(18)17-13(16-12)8-9-15-17/h8-11,15H,3-7H2,1-2H3. The van der Waals surface area contributed by atoms with Gasteiger partial charge in [0, 0.05) is 24.2 Å². The Morgan fingerprint density at radius 3 is 2.89 bits per heavy atom. The second-order valence-corrected chi connectivity index (χ2v) is 4.80. The van der Waals surface area contributed by atoms with E-state index in [-0.39, 0.29) is 5.56 Å². The van der Waals surface area contributed by atoms with Crippen LogP contribution in [0.3, 0.4) is 0 Å². The highest BCUT2D eigenvalue weighted by Crippen LogP contribution is 2.24. The van der Waals surface area contributed by atoms with Crippen molar-refractivity contribution in [2.24, 2.45) is 0 Å².